The molecule has 1 amide bonds. The van der Waals surface area contributed by atoms with Gasteiger partial charge in [0.1, 0.15) is 23.7 Å². The summed E-state index contributed by atoms with van der Waals surface area (Å²) in [5, 5.41) is 3.35. The van der Waals surface area contributed by atoms with Crippen molar-refractivity contribution in [1.82, 2.24) is 14.6 Å². The van der Waals surface area contributed by atoms with Gasteiger partial charge in [-0.25, -0.2) is 9.97 Å². The molecule has 3 N–H and O–H groups in total. The molecule has 4 rings (SSSR count). The summed E-state index contributed by atoms with van der Waals surface area (Å²) < 4.78 is 7.71. The zero-order chi connectivity index (χ0) is 19.9. The standard InChI is InChI=1S/C20H26N5O2P/c1-12-17(21)22-11-23-18(12)24-13-9-14-16(15(10-13)27-2)19(26)25(28-3)20(14)7-5-4-6-8-20/h9-11,28H,4-8H2,1-3H3,(H3,21,22,23,24). The lowest BCUT2D eigenvalue weighted by Crippen LogP contribution is -2.40. The van der Waals surface area contributed by atoms with E-state index in [2.05, 4.69) is 32.7 Å². The number of nitrogens with two attached hydrogens (primary N) is 1. The molecule has 148 valence electrons. The number of fused-ring (bicyclic) bond motifs is 2. The number of nitrogens with zero attached hydrogens (tertiary/aromatic N) is 3. The maximum absolute atomic E-state index is 13.2. The van der Waals surface area contributed by atoms with Crippen LogP contribution in [0.3, 0.4) is 0 Å². The molecule has 2 aromatic rings. The van der Waals surface area contributed by atoms with Gasteiger partial charge in [0.05, 0.1) is 18.2 Å². The molecule has 1 aliphatic heterocycles. The summed E-state index contributed by atoms with van der Waals surface area (Å²) >= 11 is 0. The Morgan fingerprint density at radius 2 is 2.00 bits per heavy atom. The molecule has 0 bridgehead atoms. The average Bonchev–Trinajstić information content (AvgIpc) is 2.93. The Morgan fingerprint density at radius 1 is 1.25 bits per heavy atom. The van der Waals surface area contributed by atoms with Gasteiger partial charge in [-0.2, -0.15) is 0 Å². The number of anilines is 3. The molecule has 1 saturated carbocycles. The molecule has 1 fully saturated rings. The number of methoxy groups -OCH3 is 1. The lowest BCUT2D eigenvalue weighted by atomic mass is 9.77. The number of aromatic nitrogens is 2. The normalized spacial score (nSPS) is 18.1. The molecule has 8 heteroatoms. The molecular formula is C20H26N5O2P. The van der Waals surface area contributed by atoms with Gasteiger partial charge in [0.2, 0.25) is 0 Å². The van der Waals surface area contributed by atoms with Crippen molar-refractivity contribution >= 4 is 32.0 Å². The minimum Gasteiger partial charge on any atom is -0.496 e. The van der Waals surface area contributed by atoms with Crippen molar-refractivity contribution in [2.75, 3.05) is 24.8 Å². The molecular weight excluding hydrogens is 373 g/mol. The minimum absolute atomic E-state index is 0.0867. The number of carbonyl (C=O) groups excluding carboxylic acids is 1. The third-order valence-corrected chi connectivity index (χ3v) is 7.04. The van der Waals surface area contributed by atoms with Crippen LogP contribution >= 0.6 is 8.73 Å². The van der Waals surface area contributed by atoms with Crippen LogP contribution in [-0.2, 0) is 5.54 Å². The molecule has 0 radical (unpaired) electrons. The molecule has 7 nitrogen and oxygen atoms in total. The Hall–Kier alpha value is -2.40. The fraction of sp³-hybridized carbons (Fsp3) is 0.450. The predicted octanol–water partition coefficient (Wildman–Crippen LogP) is 3.96. The summed E-state index contributed by atoms with van der Waals surface area (Å²) in [6.45, 7) is 3.97. The molecule has 0 saturated heterocycles. The van der Waals surface area contributed by atoms with Crippen LogP contribution < -0.4 is 15.8 Å². The van der Waals surface area contributed by atoms with Crippen molar-refractivity contribution in [2.45, 2.75) is 44.6 Å². The summed E-state index contributed by atoms with van der Waals surface area (Å²) in [7, 11) is 2.04. The number of nitrogens with one attached hydrogen (secondary N) is 1. The highest BCUT2D eigenvalue weighted by Crippen LogP contribution is 2.55. The average molecular weight is 399 g/mol. The van der Waals surface area contributed by atoms with Gasteiger partial charge < -0.3 is 20.5 Å². The third kappa shape index (κ3) is 2.80. The molecule has 1 aliphatic carbocycles. The van der Waals surface area contributed by atoms with E-state index in [-0.39, 0.29) is 11.4 Å². The minimum atomic E-state index is -0.220. The van der Waals surface area contributed by atoms with Crippen molar-refractivity contribution in [2.24, 2.45) is 0 Å². The highest BCUT2D eigenvalue weighted by molar-refractivity contribution is 7.35. The molecule has 2 heterocycles. The van der Waals surface area contributed by atoms with Crippen LogP contribution in [0, 0.1) is 6.92 Å². The van der Waals surface area contributed by atoms with Crippen LogP contribution in [0.4, 0.5) is 17.3 Å². The van der Waals surface area contributed by atoms with Gasteiger partial charge in [0.15, 0.2) is 0 Å². The molecule has 28 heavy (non-hydrogen) atoms. The molecule has 1 aromatic carbocycles. The van der Waals surface area contributed by atoms with Gasteiger partial charge in [-0.05, 0) is 46.8 Å². The Balaban J connectivity index is 1.84. The van der Waals surface area contributed by atoms with E-state index in [1.165, 1.54) is 12.7 Å². The van der Waals surface area contributed by atoms with Crippen molar-refractivity contribution in [1.29, 1.82) is 0 Å². The van der Waals surface area contributed by atoms with E-state index < -0.39 is 0 Å². The Bertz CT molecular complexity index is 927. The van der Waals surface area contributed by atoms with E-state index in [0.29, 0.717) is 31.7 Å². The quantitative estimate of drug-likeness (QED) is 0.756. The molecule has 1 spiro atoms. The fourth-order valence-electron chi connectivity index (χ4n) is 4.53. The predicted molar refractivity (Wildman–Crippen MR) is 113 cm³/mol. The SMILES string of the molecule is COc1cc(Nc2ncnc(N)c2C)cc2c1C(=O)N(PC)C21CCCCC1. The summed E-state index contributed by atoms with van der Waals surface area (Å²) in [6.07, 6.45) is 6.93. The van der Waals surface area contributed by atoms with E-state index in [0.717, 1.165) is 42.5 Å². The van der Waals surface area contributed by atoms with Gasteiger partial charge in [-0.15, -0.1) is 0 Å². The van der Waals surface area contributed by atoms with E-state index >= 15 is 0 Å². The second-order valence-corrected chi connectivity index (χ2v) is 8.31. The van der Waals surface area contributed by atoms with Crippen molar-refractivity contribution < 1.29 is 9.53 Å². The Labute approximate surface area is 166 Å². The largest absolute Gasteiger partial charge is 0.496 e. The summed E-state index contributed by atoms with van der Waals surface area (Å²) in [5.41, 5.74) is 9.13. The van der Waals surface area contributed by atoms with Crippen molar-refractivity contribution in [3.05, 3.63) is 35.2 Å². The van der Waals surface area contributed by atoms with E-state index in [1.807, 2.05) is 13.0 Å². The fourth-order valence-corrected chi connectivity index (χ4v) is 5.62. The van der Waals surface area contributed by atoms with Gasteiger partial charge in [-0.3, -0.25) is 4.79 Å². The number of hydrogen-bond donors (Lipinski definition) is 2. The van der Waals surface area contributed by atoms with Crippen molar-refractivity contribution in [3.63, 3.8) is 0 Å². The van der Waals surface area contributed by atoms with Gasteiger partial charge in [-0.1, -0.05) is 19.3 Å². The zero-order valence-corrected chi connectivity index (χ0v) is 17.5. The first-order valence-electron chi connectivity index (χ1n) is 9.60. The van der Waals surface area contributed by atoms with Crippen LogP contribution in [-0.4, -0.2) is 34.3 Å². The number of nitrogen functional groups attached to an aromatic ring is 1. The first-order chi connectivity index (χ1) is 13.5. The number of hydrogen-bond acceptors (Lipinski definition) is 6. The van der Waals surface area contributed by atoms with Gasteiger partial charge in [0.25, 0.3) is 5.91 Å². The van der Waals surface area contributed by atoms with E-state index in [9.17, 15) is 4.79 Å². The summed E-state index contributed by atoms with van der Waals surface area (Å²) in [5.74, 6) is 1.80. The highest BCUT2D eigenvalue weighted by Gasteiger charge is 2.50. The van der Waals surface area contributed by atoms with Crippen LogP contribution in [0.2, 0.25) is 0 Å². The lowest BCUT2D eigenvalue weighted by Gasteiger charge is -2.41. The number of rotatable bonds is 4. The van der Waals surface area contributed by atoms with Crippen molar-refractivity contribution in [3.8, 4) is 5.75 Å². The molecule has 2 aliphatic rings. The summed E-state index contributed by atoms with van der Waals surface area (Å²) in [4.78, 5) is 21.6. The molecule has 1 atom stereocenters. The lowest BCUT2D eigenvalue weighted by molar-refractivity contribution is 0.0724. The van der Waals surface area contributed by atoms with Gasteiger partial charge >= 0.3 is 0 Å². The maximum Gasteiger partial charge on any atom is 0.261 e. The Morgan fingerprint density at radius 3 is 2.68 bits per heavy atom. The summed E-state index contributed by atoms with van der Waals surface area (Å²) in [6, 6.07) is 3.96. The number of amides is 1. The second kappa shape index (κ2) is 7.21. The number of carbonyl (C=O) groups is 1. The third-order valence-electron chi connectivity index (χ3n) is 5.96. The smallest absolute Gasteiger partial charge is 0.261 e. The molecule has 1 aromatic heterocycles. The highest BCUT2D eigenvalue weighted by atomic mass is 31.1. The zero-order valence-electron chi connectivity index (χ0n) is 16.5. The topological polar surface area (TPSA) is 93.4 Å². The first kappa shape index (κ1) is 18.9. The van der Waals surface area contributed by atoms with E-state index in [4.69, 9.17) is 10.5 Å². The van der Waals surface area contributed by atoms with Gasteiger partial charge in [0, 0.05) is 17.3 Å². The van der Waals surface area contributed by atoms with Crippen LogP contribution in [0.5, 0.6) is 5.75 Å². The monoisotopic (exact) mass is 399 g/mol. The Kier molecular flexibility index (Phi) is 4.88. The van der Waals surface area contributed by atoms with E-state index in [1.54, 1.807) is 7.11 Å². The van der Waals surface area contributed by atoms with Crippen LogP contribution in [0.25, 0.3) is 0 Å². The first-order valence-corrected chi connectivity index (χ1v) is 11.0. The van der Waals surface area contributed by atoms with Crippen LogP contribution in [0.1, 0.15) is 53.6 Å². The number of benzene rings is 1. The maximum atomic E-state index is 13.2. The molecule has 1 unspecified atom stereocenters. The van der Waals surface area contributed by atoms with Crippen LogP contribution in [0.15, 0.2) is 18.5 Å². The number of ether oxygens (including phenoxy) is 1. The second-order valence-electron chi connectivity index (χ2n) is 7.41.